The van der Waals surface area contributed by atoms with Crippen molar-refractivity contribution in [3.63, 3.8) is 0 Å². The quantitative estimate of drug-likeness (QED) is 0.891. The van der Waals surface area contributed by atoms with Crippen molar-refractivity contribution in [3.05, 3.63) is 28.0 Å². The van der Waals surface area contributed by atoms with E-state index in [4.69, 9.17) is 0 Å². The van der Waals surface area contributed by atoms with Crippen molar-refractivity contribution in [3.8, 4) is 0 Å². The first kappa shape index (κ1) is 11.1. The Morgan fingerprint density at radius 3 is 2.69 bits per heavy atom. The van der Waals surface area contributed by atoms with E-state index in [-0.39, 0.29) is 6.04 Å². The summed E-state index contributed by atoms with van der Waals surface area (Å²) in [6.07, 6.45) is 1.99. The predicted octanol–water partition coefficient (Wildman–Crippen LogP) is 2.67. The van der Waals surface area contributed by atoms with Crippen molar-refractivity contribution in [2.75, 3.05) is 5.32 Å². The highest BCUT2D eigenvalue weighted by Gasteiger charge is 2.11. The molecule has 2 heterocycles. The van der Waals surface area contributed by atoms with Gasteiger partial charge in [-0.3, -0.25) is 4.68 Å². The van der Waals surface area contributed by atoms with Crippen LogP contribution >= 0.6 is 11.3 Å². The lowest BCUT2D eigenvalue weighted by molar-refractivity contribution is 0.756. The van der Waals surface area contributed by atoms with Gasteiger partial charge in [0.15, 0.2) is 0 Å². The summed E-state index contributed by atoms with van der Waals surface area (Å²) in [5.74, 6) is 0. The maximum atomic E-state index is 4.47. The van der Waals surface area contributed by atoms with Gasteiger partial charge >= 0.3 is 0 Å². The molecule has 2 aromatic rings. The van der Waals surface area contributed by atoms with Gasteiger partial charge in [-0.2, -0.15) is 5.10 Å². The molecule has 0 aliphatic carbocycles. The molecule has 0 saturated carbocycles. The van der Waals surface area contributed by atoms with Crippen molar-refractivity contribution in [1.82, 2.24) is 14.8 Å². The van der Waals surface area contributed by atoms with Gasteiger partial charge in [0.25, 0.3) is 0 Å². The fourth-order valence-corrected chi connectivity index (χ4v) is 2.33. The van der Waals surface area contributed by atoms with Gasteiger partial charge in [-0.05, 0) is 20.8 Å². The second-order valence-corrected chi connectivity index (χ2v) is 5.02. The minimum absolute atomic E-state index is 0.216. The van der Waals surface area contributed by atoms with Gasteiger partial charge in [-0.25, -0.2) is 4.98 Å². The highest BCUT2D eigenvalue weighted by atomic mass is 32.1. The number of nitrogens with zero attached hydrogens (tertiary/aromatic N) is 3. The maximum Gasteiger partial charge on any atom is 0.0898 e. The van der Waals surface area contributed by atoms with Crippen molar-refractivity contribution < 1.29 is 0 Å². The molecule has 0 saturated heterocycles. The molecule has 5 heteroatoms. The Kier molecular flexibility index (Phi) is 2.96. The molecule has 2 aromatic heterocycles. The van der Waals surface area contributed by atoms with E-state index in [1.807, 2.05) is 31.8 Å². The van der Waals surface area contributed by atoms with Crippen molar-refractivity contribution in [1.29, 1.82) is 0 Å². The van der Waals surface area contributed by atoms with Crippen LogP contribution in [0.2, 0.25) is 0 Å². The van der Waals surface area contributed by atoms with E-state index >= 15 is 0 Å². The number of thiazole rings is 1. The molecule has 1 N–H and O–H groups in total. The van der Waals surface area contributed by atoms with Crippen molar-refractivity contribution in [2.45, 2.75) is 26.8 Å². The maximum absolute atomic E-state index is 4.47. The molecule has 0 aliphatic heterocycles. The molecule has 0 bridgehead atoms. The average molecular weight is 236 g/mol. The van der Waals surface area contributed by atoms with E-state index in [9.17, 15) is 0 Å². The molecule has 0 spiro atoms. The van der Waals surface area contributed by atoms with Gasteiger partial charge < -0.3 is 5.32 Å². The number of anilines is 1. The van der Waals surface area contributed by atoms with E-state index < -0.39 is 0 Å². The Hall–Kier alpha value is -1.36. The van der Waals surface area contributed by atoms with Gasteiger partial charge in [0.1, 0.15) is 0 Å². The molecule has 0 radical (unpaired) electrons. The molecule has 2 rings (SSSR count). The van der Waals surface area contributed by atoms with Gasteiger partial charge in [0.05, 0.1) is 28.1 Å². The summed E-state index contributed by atoms with van der Waals surface area (Å²) in [4.78, 5) is 4.47. The van der Waals surface area contributed by atoms with Gasteiger partial charge in [0, 0.05) is 18.6 Å². The average Bonchev–Trinajstić information content (AvgIpc) is 2.74. The van der Waals surface area contributed by atoms with E-state index in [2.05, 4.69) is 27.7 Å². The van der Waals surface area contributed by atoms with Gasteiger partial charge in [-0.15, -0.1) is 11.3 Å². The van der Waals surface area contributed by atoms with Crippen LogP contribution in [0.15, 0.2) is 11.6 Å². The molecule has 0 aliphatic rings. The smallest absolute Gasteiger partial charge is 0.0898 e. The number of nitrogens with one attached hydrogen (secondary N) is 1. The first-order valence-electron chi connectivity index (χ1n) is 5.25. The molecule has 0 fully saturated rings. The van der Waals surface area contributed by atoms with Crippen LogP contribution in [0, 0.1) is 13.8 Å². The Morgan fingerprint density at radius 2 is 2.19 bits per heavy atom. The molecule has 0 amide bonds. The summed E-state index contributed by atoms with van der Waals surface area (Å²) in [6, 6.07) is 0.216. The van der Waals surface area contributed by atoms with Crippen LogP contribution in [0.3, 0.4) is 0 Å². The van der Waals surface area contributed by atoms with E-state index in [1.165, 1.54) is 0 Å². The second kappa shape index (κ2) is 4.25. The van der Waals surface area contributed by atoms with Crippen LogP contribution in [-0.2, 0) is 7.05 Å². The number of rotatable bonds is 3. The van der Waals surface area contributed by atoms with Crippen molar-refractivity contribution >= 4 is 17.0 Å². The summed E-state index contributed by atoms with van der Waals surface area (Å²) in [6.45, 7) is 6.14. The Balaban J connectivity index is 2.13. The molecular formula is C11H16N4S. The standard InChI is InChI=1S/C11H16N4S/c1-7(11-6-16-9(3)13-11)12-10-5-15(4)14-8(10)2/h5-7,12H,1-4H3. The monoisotopic (exact) mass is 236 g/mol. The lowest BCUT2D eigenvalue weighted by Crippen LogP contribution is -2.07. The lowest BCUT2D eigenvalue weighted by Gasteiger charge is -2.11. The molecule has 1 unspecified atom stereocenters. The Bertz CT molecular complexity index is 486. The van der Waals surface area contributed by atoms with Crippen LogP contribution in [0.25, 0.3) is 0 Å². The first-order chi connectivity index (χ1) is 7.56. The molecule has 0 aromatic carbocycles. The molecule has 86 valence electrons. The van der Waals surface area contributed by atoms with Crippen LogP contribution in [-0.4, -0.2) is 14.8 Å². The lowest BCUT2D eigenvalue weighted by atomic mass is 10.2. The highest BCUT2D eigenvalue weighted by Crippen LogP contribution is 2.22. The molecule has 1 atom stereocenters. The summed E-state index contributed by atoms with van der Waals surface area (Å²) < 4.78 is 1.82. The second-order valence-electron chi connectivity index (χ2n) is 3.96. The largest absolute Gasteiger partial charge is 0.374 e. The van der Waals surface area contributed by atoms with Crippen LogP contribution in [0.4, 0.5) is 5.69 Å². The Labute approximate surface area is 99.3 Å². The molecule has 16 heavy (non-hydrogen) atoms. The van der Waals surface area contributed by atoms with Crippen LogP contribution in [0.1, 0.15) is 29.4 Å². The van der Waals surface area contributed by atoms with Crippen LogP contribution < -0.4 is 5.32 Å². The SMILES string of the molecule is Cc1nc(C(C)Nc2cn(C)nc2C)cs1. The zero-order chi connectivity index (χ0) is 11.7. The fraction of sp³-hybridized carbons (Fsp3) is 0.455. The number of hydrogen-bond acceptors (Lipinski definition) is 4. The minimum Gasteiger partial charge on any atom is -0.374 e. The number of aromatic nitrogens is 3. The fourth-order valence-electron chi connectivity index (χ4n) is 1.63. The normalized spacial score (nSPS) is 12.8. The predicted molar refractivity (Wildman–Crippen MR) is 66.8 cm³/mol. The summed E-state index contributed by atoms with van der Waals surface area (Å²) in [5, 5.41) is 10.9. The Morgan fingerprint density at radius 1 is 1.44 bits per heavy atom. The summed E-state index contributed by atoms with van der Waals surface area (Å²) in [5.41, 5.74) is 3.17. The number of hydrogen-bond donors (Lipinski definition) is 1. The third-order valence-electron chi connectivity index (χ3n) is 2.47. The van der Waals surface area contributed by atoms with Crippen molar-refractivity contribution in [2.24, 2.45) is 7.05 Å². The van der Waals surface area contributed by atoms with E-state index in [1.54, 1.807) is 11.3 Å². The summed E-state index contributed by atoms with van der Waals surface area (Å²) in [7, 11) is 1.93. The first-order valence-corrected chi connectivity index (χ1v) is 6.13. The topological polar surface area (TPSA) is 42.7 Å². The van der Waals surface area contributed by atoms with E-state index in [0.717, 1.165) is 22.1 Å². The van der Waals surface area contributed by atoms with E-state index in [0.29, 0.717) is 0 Å². The minimum atomic E-state index is 0.216. The molecular weight excluding hydrogens is 220 g/mol. The highest BCUT2D eigenvalue weighted by molar-refractivity contribution is 7.09. The van der Waals surface area contributed by atoms with Gasteiger partial charge in [-0.1, -0.05) is 0 Å². The zero-order valence-electron chi connectivity index (χ0n) is 9.98. The van der Waals surface area contributed by atoms with Gasteiger partial charge in [0.2, 0.25) is 0 Å². The van der Waals surface area contributed by atoms with Crippen LogP contribution in [0.5, 0.6) is 0 Å². The molecule has 4 nitrogen and oxygen atoms in total. The number of aryl methyl sites for hydroxylation is 3. The third kappa shape index (κ3) is 2.24. The summed E-state index contributed by atoms with van der Waals surface area (Å²) >= 11 is 1.68. The third-order valence-corrected chi connectivity index (χ3v) is 3.26. The zero-order valence-corrected chi connectivity index (χ0v) is 10.8.